The maximum absolute atomic E-state index is 6.16. The number of hydrogen-bond acceptors (Lipinski definition) is 5. The summed E-state index contributed by atoms with van der Waals surface area (Å²) in [6.07, 6.45) is 2.75. The molecule has 1 rings (SSSR count). The highest BCUT2D eigenvalue weighted by molar-refractivity contribution is 7.80. The molecule has 1 aromatic rings. The van der Waals surface area contributed by atoms with E-state index >= 15 is 0 Å². The van der Waals surface area contributed by atoms with Crippen molar-refractivity contribution in [2.24, 2.45) is 11.5 Å². The van der Waals surface area contributed by atoms with Crippen LogP contribution in [-0.4, -0.2) is 25.4 Å². The molecule has 4 nitrogen and oxygen atoms in total. The van der Waals surface area contributed by atoms with Gasteiger partial charge in [0.25, 0.3) is 0 Å². The summed E-state index contributed by atoms with van der Waals surface area (Å²) >= 11 is 4.32. The zero-order valence-electron chi connectivity index (χ0n) is 11.4. The average molecular weight is 282 g/mol. The molecule has 0 bridgehead atoms. The molecule has 7 N–H and O–H groups in total. The number of nitrogen functional groups attached to an aromatic ring is 1. The minimum Gasteiger partial charge on any atom is -0.398 e. The van der Waals surface area contributed by atoms with E-state index in [9.17, 15) is 0 Å². The van der Waals surface area contributed by atoms with Crippen molar-refractivity contribution >= 4 is 18.3 Å². The summed E-state index contributed by atoms with van der Waals surface area (Å²) in [5.41, 5.74) is 20.7. The van der Waals surface area contributed by atoms with Gasteiger partial charge in [-0.15, -0.1) is 0 Å². The van der Waals surface area contributed by atoms with E-state index in [4.69, 9.17) is 17.2 Å². The Balaban J connectivity index is 2.92. The van der Waals surface area contributed by atoms with Crippen LogP contribution < -0.4 is 22.5 Å². The third kappa shape index (κ3) is 5.03. The smallest absolute Gasteiger partial charge is 0.0365 e. The zero-order chi connectivity index (χ0) is 14.1. The highest BCUT2D eigenvalue weighted by atomic mass is 32.1. The second kappa shape index (κ2) is 9.20. The van der Waals surface area contributed by atoms with Crippen molar-refractivity contribution in [1.82, 2.24) is 5.32 Å². The van der Waals surface area contributed by atoms with Crippen LogP contribution in [0.15, 0.2) is 18.2 Å². The lowest BCUT2D eigenvalue weighted by molar-refractivity contribution is 0.498. The van der Waals surface area contributed by atoms with E-state index in [-0.39, 0.29) is 6.04 Å². The van der Waals surface area contributed by atoms with Gasteiger partial charge in [0.1, 0.15) is 0 Å². The summed E-state index contributed by atoms with van der Waals surface area (Å²) in [6.45, 7) is 2.21. The van der Waals surface area contributed by atoms with Gasteiger partial charge in [-0.05, 0) is 61.8 Å². The SMILES string of the molecule is NCCCNC(CCN)c1c(N)cccc1CCS. The molecule has 0 saturated heterocycles. The van der Waals surface area contributed by atoms with Crippen molar-refractivity contribution in [3.8, 4) is 0 Å². The minimum atomic E-state index is 0.202. The van der Waals surface area contributed by atoms with Crippen molar-refractivity contribution in [3.05, 3.63) is 29.3 Å². The molecule has 0 aliphatic carbocycles. The van der Waals surface area contributed by atoms with Gasteiger partial charge < -0.3 is 22.5 Å². The van der Waals surface area contributed by atoms with Crippen LogP contribution in [0.25, 0.3) is 0 Å². The normalized spacial score (nSPS) is 12.6. The van der Waals surface area contributed by atoms with Gasteiger partial charge in [0.05, 0.1) is 0 Å². The van der Waals surface area contributed by atoms with E-state index in [1.165, 1.54) is 11.1 Å². The van der Waals surface area contributed by atoms with E-state index in [0.29, 0.717) is 13.1 Å². The second-order valence-corrected chi connectivity index (χ2v) is 5.07. The lowest BCUT2D eigenvalue weighted by Crippen LogP contribution is -2.28. The first-order chi connectivity index (χ1) is 9.24. The summed E-state index contributed by atoms with van der Waals surface area (Å²) in [5.74, 6) is 0.814. The molecule has 0 aliphatic heterocycles. The van der Waals surface area contributed by atoms with Gasteiger partial charge in [-0.25, -0.2) is 0 Å². The van der Waals surface area contributed by atoms with Crippen molar-refractivity contribution in [2.45, 2.75) is 25.3 Å². The van der Waals surface area contributed by atoms with E-state index in [1.54, 1.807) is 0 Å². The molecule has 108 valence electrons. The summed E-state index contributed by atoms with van der Waals surface area (Å²) in [6, 6.07) is 6.27. The quantitative estimate of drug-likeness (QED) is 0.266. The van der Waals surface area contributed by atoms with Crippen LogP contribution in [0.2, 0.25) is 0 Å². The van der Waals surface area contributed by atoms with Crippen molar-refractivity contribution in [3.63, 3.8) is 0 Å². The van der Waals surface area contributed by atoms with Crippen LogP contribution in [0.4, 0.5) is 5.69 Å². The molecule has 1 atom stereocenters. The Labute approximate surface area is 121 Å². The van der Waals surface area contributed by atoms with Crippen LogP contribution >= 0.6 is 12.6 Å². The molecular formula is C14H26N4S. The van der Waals surface area contributed by atoms with Gasteiger partial charge >= 0.3 is 0 Å². The van der Waals surface area contributed by atoms with E-state index in [0.717, 1.165) is 37.2 Å². The number of benzene rings is 1. The molecule has 0 saturated carbocycles. The fourth-order valence-corrected chi connectivity index (χ4v) is 2.53. The van der Waals surface area contributed by atoms with Gasteiger partial charge in [-0.1, -0.05) is 12.1 Å². The first-order valence-corrected chi connectivity index (χ1v) is 7.49. The summed E-state index contributed by atoms with van der Waals surface area (Å²) in [7, 11) is 0. The van der Waals surface area contributed by atoms with Gasteiger partial charge in [0.15, 0.2) is 0 Å². The highest BCUT2D eigenvalue weighted by Gasteiger charge is 2.16. The number of hydrogen-bond donors (Lipinski definition) is 5. The number of thiol groups is 1. The van der Waals surface area contributed by atoms with Gasteiger partial charge in [-0.2, -0.15) is 12.6 Å². The van der Waals surface area contributed by atoms with Crippen molar-refractivity contribution in [2.75, 3.05) is 31.1 Å². The Morgan fingerprint density at radius 3 is 2.63 bits per heavy atom. The van der Waals surface area contributed by atoms with Crippen LogP contribution in [-0.2, 0) is 6.42 Å². The maximum Gasteiger partial charge on any atom is 0.0365 e. The standard InChI is InChI=1S/C14H26N4S/c15-7-2-9-18-13(5-8-16)14-11(6-10-19)3-1-4-12(14)17/h1,3-4,13,18-19H,2,5-10,15-17H2. The number of nitrogens with one attached hydrogen (secondary N) is 1. The summed E-state index contributed by atoms with van der Waals surface area (Å²) < 4.78 is 0. The Morgan fingerprint density at radius 1 is 1.21 bits per heavy atom. The molecule has 0 fully saturated rings. The number of nitrogens with two attached hydrogens (primary N) is 3. The van der Waals surface area contributed by atoms with Crippen LogP contribution in [0.1, 0.15) is 30.0 Å². The molecule has 1 aromatic carbocycles. The Bertz CT molecular complexity index is 370. The van der Waals surface area contributed by atoms with E-state index < -0.39 is 0 Å². The third-order valence-corrected chi connectivity index (χ3v) is 3.41. The monoisotopic (exact) mass is 282 g/mol. The Morgan fingerprint density at radius 2 is 2.00 bits per heavy atom. The number of aryl methyl sites for hydroxylation is 1. The summed E-state index contributed by atoms with van der Waals surface area (Å²) in [4.78, 5) is 0. The minimum absolute atomic E-state index is 0.202. The molecule has 0 aliphatic rings. The third-order valence-electron chi connectivity index (χ3n) is 3.19. The largest absolute Gasteiger partial charge is 0.398 e. The molecule has 0 aromatic heterocycles. The van der Waals surface area contributed by atoms with Crippen LogP contribution in [0.5, 0.6) is 0 Å². The van der Waals surface area contributed by atoms with Gasteiger partial charge in [0.2, 0.25) is 0 Å². The highest BCUT2D eigenvalue weighted by Crippen LogP contribution is 2.27. The van der Waals surface area contributed by atoms with Crippen LogP contribution in [0, 0.1) is 0 Å². The topological polar surface area (TPSA) is 90.1 Å². The van der Waals surface area contributed by atoms with E-state index in [1.807, 2.05) is 12.1 Å². The number of rotatable bonds is 9. The van der Waals surface area contributed by atoms with Crippen LogP contribution in [0.3, 0.4) is 0 Å². The van der Waals surface area contributed by atoms with Gasteiger partial charge in [-0.3, -0.25) is 0 Å². The summed E-state index contributed by atoms with van der Waals surface area (Å²) in [5, 5.41) is 3.51. The predicted molar refractivity (Wildman–Crippen MR) is 86.5 cm³/mol. The zero-order valence-corrected chi connectivity index (χ0v) is 12.3. The van der Waals surface area contributed by atoms with Crippen molar-refractivity contribution in [1.29, 1.82) is 0 Å². The molecule has 0 spiro atoms. The number of anilines is 1. The first kappa shape index (κ1) is 16.3. The van der Waals surface area contributed by atoms with E-state index in [2.05, 4.69) is 24.0 Å². The fraction of sp³-hybridized carbons (Fsp3) is 0.571. The van der Waals surface area contributed by atoms with Crippen molar-refractivity contribution < 1.29 is 0 Å². The lowest BCUT2D eigenvalue weighted by atomic mass is 9.94. The predicted octanol–water partition coefficient (Wildman–Crippen LogP) is 1.07. The van der Waals surface area contributed by atoms with Gasteiger partial charge in [0, 0.05) is 11.7 Å². The molecule has 19 heavy (non-hydrogen) atoms. The molecule has 1 unspecified atom stereocenters. The Hall–Kier alpha value is -0.750. The molecule has 0 amide bonds. The molecule has 5 heteroatoms. The second-order valence-electron chi connectivity index (χ2n) is 4.62. The fourth-order valence-electron chi connectivity index (χ4n) is 2.29. The molecule has 0 radical (unpaired) electrons. The first-order valence-electron chi connectivity index (χ1n) is 6.86. The lowest BCUT2D eigenvalue weighted by Gasteiger charge is -2.23. The maximum atomic E-state index is 6.16. The molecular weight excluding hydrogens is 256 g/mol. The molecule has 0 heterocycles. The average Bonchev–Trinajstić information content (AvgIpc) is 2.39. The Kier molecular flexibility index (Phi) is 7.90.